The maximum Gasteiger partial charge on any atom is 2.00 e. The maximum atomic E-state index is 6.43. The standard InChI is InChI=1S/C41H38N4O.Pt/c1-25-18-19-42-38(22-25)44-36-15-10-9-14-33(36)34-17-16-32(24-37(34)44)46-31-13-11-12-30(23-31)45-29(5)40(28(4)43-45)39-27(3)20-26(2)21-35(39)41(6,7)8;/h9-22H,1-8H3;/q-2;+2. The summed E-state index contributed by atoms with van der Waals surface area (Å²) in [6.07, 6.45) is 1.85. The summed E-state index contributed by atoms with van der Waals surface area (Å²) in [4.78, 5) is 4.69. The number of ether oxygens (including phenoxy) is 1. The van der Waals surface area contributed by atoms with Crippen LogP contribution in [0.3, 0.4) is 0 Å². The van der Waals surface area contributed by atoms with E-state index in [1.807, 2.05) is 41.2 Å². The molecule has 238 valence electrons. The molecule has 0 bridgehead atoms. The van der Waals surface area contributed by atoms with Gasteiger partial charge in [0.15, 0.2) is 0 Å². The van der Waals surface area contributed by atoms with Gasteiger partial charge in [0.05, 0.1) is 5.69 Å². The molecule has 0 amide bonds. The van der Waals surface area contributed by atoms with Gasteiger partial charge in [-0.15, -0.1) is 35.7 Å². The molecular weight excluding hydrogens is 760 g/mol. The van der Waals surface area contributed by atoms with Gasteiger partial charge < -0.3 is 9.30 Å². The minimum Gasteiger partial charge on any atom is -0.509 e. The fourth-order valence-corrected chi connectivity index (χ4v) is 6.68. The Morgan fingerprint density at radius 2 is 1.49 bits per heavy atom. The molecule has 5 nitrogen and oxygen atoms in total. The van der Waals surface area contributed by atoms with Crippen LogP contribution in [0.15, 0.2) is 85.1 Å². The molecule has 0 radical (unpaired) electrons. The molecule has 47 heavy (non-hydrogen) atoms. The number of fused-ring (bicyclic) bond motifs is 3. The van der Waals surface area contributed by atoms with Crippen molar-refractivity contribution in [3.8, 4) is 34.1 Å². The third-order valence-electron chi connectivity index (χ3n) is 8.72. The molecule has 0 atom stereocenters. The summed E-state index contributed by atoms with van der Waals surface area (Å²) in [5.41, 5.74) is 12.4. The summed E-state index contributed by atoms with van der Waals surface area (Å²) in [6.45, 7) is 17.5. The van der Waals surface area contributed by atoms with Crippen molar-refractivity contribution in [2.75, 3.05) is 0 Å². The van der Waals surface area contributed by atoms with Crippen LogP contribution in [0, 0.1) is 46.8 Å². The number of nitrogens with zero attached hydrogens (tertiary/aromatic N) is 4. The van der Waals surface area contributed by atoms with E-state index in [0.717, 1.165) is 50.3 Å². The second-order valence-corrected chi connectivity index (χ2v) is 13.3. The Kier molecular flexibility index (Phi) is 8.48. The van der Waals surface area contributed by atoms with Gasteiger partial charge in [-0.3, -0.25) is 4.68 Å². The minimum absolute atomic E-state index is 0. The average molecular weight is 798 g/mol. The van der Waals surface area contributed by atoms with Gasteiger partial charge in [-0.1, -0.05) is 62.2 Å². The van der Waals surface area contributed by atoms with E-state index in [0.29, 0.717) is 11.5 Å². The molecule has 0 fully saturated rings. The van der Waals surface area contributed by atoms with Gasteiger partial charge in [0.2, 0.25) is 0 Å². The number of benzene rings is 4. The number of para-hydroxylation sites is 1. The van der Waals surface area contributed by atoms with Crippen molar-refractivity contribution in [1.29, 1.82) is 0 Å². The number of pyridine rings is 1. The van der Waals surface area contributed by atoms with Crippen LogP contribution in [0.4, 0.5) is 0 Å². The van der Waals surface area contributed by atoms with Crippen LogP contribution in [0.25, 0.3) is 44.4 Å². The molecule has 0 aliphatic rings. The van der Waals surface area contributed by atoms with E-state index in [2.05, 4.69) is 121 Å². The third-order valence-corrected chi connectivity index (χ3v) is 8.72. The van der Waals surface area contributed by atoms with E-state index >= 15 is 0 Å². The first-order valence-corrected chi connectivity index (χ1v) is 15.8. The van der Waals surface area contributed by atoms with E-state index in [4.69, 9.17) is 14.8 Å². The molecule has 0 spiro atoms. The van der Waals surface area contributed by atoms with Crippen LogP contribution in [-0.4, -0.2) is 19.3 Å². The van der Waals surface area contributed by atoms with Gasteiger partial charge in [0.25, 0.3) is 0 Å². The topological polar surface area (TPSA) is 44.9 Å². The molecule has 4 aromatic carbocycles. The van der Waals surface area contributed by atoms with Crippen molar-refractivity contribution in [1.82, 2.24) is 19.3 Å². The smallest absolute Gasteiger partial charge is 0.509 e. The molecular formula is C41H38N4OPt. The predicted molar refractivity (Wildman–Crippen MR) is 188 cm³/mol. The van der Waals surface area contributed by atoms with Gasteiger partial charge in [0.1, 0.15) is 5.82 Å². The zero-order valence-corrected chi connectivity index (χ0v) is 30.4. The van der Waals surface area contributed by atoms with Crippen LogP contribution >= 0.6 is 0 Å². The summed E-state index contributed by atoms with van der Waals surface area (Å²) in [7, 11) is 0. The number of hydrogen-bond acceptors (Lipinski definition) is 3. The summed E-state index contributed by atoms with van der Waals surface area (Å²) >= 11 is 0. The molecule has 3 aromatic heterocycles. The number of rotatable bonds is 5. The summed E-state index contributed by atoms with van der Waals surface area (Å²) in [5.74, 6) is 2.06. The SMILES string of the molecule is Cc1ccnc(-n2c3[c-]c(Oc4[c-]c(-n5nc(C)c(-c6c(C)cc(C)cc6C(C)(C)C)c5C)ccc4)ccc3c3ccccc32)c1.[Pt+2]. The Labute approximate surface area is 291 Å². The summed E-state index contributed by atoms with van der Waals surface area (Å²) in [5, 5.41) is 7.27. The monoisotopic (exact) mass is 797 g/mol. The van der Waals surface area contributed by atoms with Crippen LogP contribution in [-0.2, 0) is 26.5 Å². The Balaban J connectivity index is 0.00000386. The molecule has 3 heterocycles. The molecule has 7 aromatic rings. The van der Waals surface area contributed by atoms with Gasteiger partial charge >= 0.3 is 21.1 Å². The fourth-order valence-electron chi connectivity index (χ4n) is 6.68. The first-order valence-electron chi connectivity index (χ1n) is 15.8. The fraction of sp³-hybridized carbons (Fsp3) is 0.220. The molecule has 0 saturated carbocycles. The quantitative estimate of drug-likeness (QED) is 0.163. The molecule has 0 aliphatic heterocycles. The zero-order chi connectivity index (χ0) is 32.3. The molecule has 0 aliphatic carbocycles. The Hall–Kier alpha value is -4.47. The van der Waals surface area contributed by atoms with E-state index in [9.17, 15) is 0 Å². The van der Waals surface area contributed by atoms with Crippen molar-refractivity contribution in [3.05, 3.63) is 131 Å². The number of aryl methyl sites for hydroxylation is 4. The average Bonchev–Trinajstić information content (AvgIpc) is 3.49. The van der Waals surface area contributed by atoms with Crippen molar-refractivity contribution in [2.45, 2.75) is 60.8 Å². The Bertz CT molecular complexity index is 2290. The van der Waals surface area contributed by atoms with Crippen LogP contribution < -0.4 is 4.74 Å². The van der Waals surface area contributed by atoms with Crippen molar-refractivity contribution < 1.29 is 25.8 Å². The Morgan fingerprint density at radius 1 is 0.723 bits per heavy atom. The number of aromatic nitrogens is 4. The van der Waals surface area contributed by atoms with E-state index < -0.39 is 0 Å². The molecule has 0 N–H and O–H groups in total. The van der Waals surface area contributed by atoms with Crippen molar-refractivity contribution in [2.24, 2.45) is 0 Å². The summed E-state index contributed by atoms with van der Waals surface area (Å²) in [6, 6.07) is 34.1. The number of hydrogen-bond donors (Lipinski definition) is 0. The van der Waals surface area contributed by atoms with Crippen molar-refractivity contribution in [3.63, 3.8) is 0 Å². The first-order chi connectivity index (χ1) is 22.0. The van der Waals surface area contributed by atoms with Gasteiger partial charge in [-0.05, 0) is 91.6 Å². The van der Waals surface area contributed by atoms with E-state index in [-0.39, 0.29) is 26.5 Å². The maximum absolute atomic E-state index is 6.43. The minimum atomic E-state index is -0.00825. The normalized spacial score (nSPS) is 11.7. The Morgan fingerprint density at radius 3 is 2.26 bits per heavy atom. The van der Waals surface area contributed by atoms with Crippen LogP contribution in [0.5, 0.6) is 11.5 Å². The van der Waals surface area contributed by atoms with Gasteiger partial charge in [-0.25, -0.2) is 4.98 Å². The van der Waals surface area contributed by atoms with E-state index in [1.165, 1.54) is 27.8 Å². The van der Waals surface area contributed by atoms with Gasteiger partial charge in [0, 0.05) is 34.5 Å². The molecule has 7 rings (SSSR count). The van der Waals surface area contributed by atoms with Gasteiger partial charge in [-0.2, -0.15) is 17.2 Å². The van der Waals surface area contributed by atoms with Crippen LogP contribution in [0.1, 0.15) is 54.4 Å². The van der Waals surface area contributed by atoms with E-state index in [1.54, 1.807) is 0 Å². The first kappa shape index (κ1) is 32.5. The molecule has 6 heteroatoms. The molecule has 0 unspecified atom stereocenters. The predicted octanol–water partition coefficient (Wildman–Crippen LogP) is 10.3. The largest absolute Gasteiger partial charge is 2.00 e. The van der Waals surface area contributed by atoms with Crippen molar-refractivity contribution >= 4 is 21.8 Å². The summed E-state index contributed by atoms with van der Waals surface area (Å²) < 4.78 is 10.6. The second-order valence-electron chi connectivity index (χ2n) is 13.3. The van der Waals surface area contributed by atoms with Crippen LogP contribution in [0.2, 0.25) is 0 Å². The zero-order valence-electron chi connectivity index (χ0n) is 28.1. The second kappa shape index (κ2) is 12.3. The third kappa shape index (κ3) is 5.83. The molecule has 0 saturated heterocycles.